The Morgan fingerprint density at radius 1 is 1.92 bits per heavy atom. The molecule has 1 N–H and O–H groups in total. The number of carbonyl (C=O) groups is 1. The number of aliphatic hydroxyl groups is 1. The van der Waals surface area contributed by atoms with E-state index in [1.807, 2.05) is 6.92 Å². The van der Waals surface area contributed by atoms with Crippen molar-refractivity contribution in [3.05, 3.63) is 12.7 Å². The van der Waals surface area contributed by atoms with Crippen molar-refractivity contribution in [1.29, 1.82) is 0 Å². The predicted molar refractivity (Wildman–Crippen MR) is 47.4 cm³/mol. The van der Waals surface area contributed by atoms with Gasteiger partial charge in [-0.1, -0.05) is 6.08 Å². The molecule has 0 bridgehead atoms. The first-order chi connectivity index (χ1) is 6.15. The summed E-state index contributed by atoms with van der Waals surface area (Å²) in [4.78, 5) is 16.4. The second kappa shape index (κ2) is 4.39. The Hall–Kier alpha value is -0.870. The van der Waals surface area contributed by atoms with Crippen molar-refractivity contribution >= 4 is 5.91 Å². The number of nitrogens with zero attached hydrogens (tertiary/aromatic N) is 1. The molecule has 1 aliphatic rings. The summed E-state index contributed by atoms with van der Waals surface area (Å²) in [7, 11) is 0. The number of carbonyl (C=O) groups excluding carboxylic acids is 1. The molecule has 1 fully saturated rings. The van der Waals surface area contributed by atoms with Crippen LogP contribution in [0.25, 0.3) is 0 Å². The maximum atomic E-state index is 11.1. The van der Waals surface area contributed by atoms with Crippen molar-refractivity contribution in [1.82, 2.24) is 5.06 Å². The summed E-state index contributed by atoms with van der Waals surface area (Å²) in [5.41, 5.74) is 0. The van der Waals surface area contributed by atoms with E-state index in [0.29, 0.717) is 19.3 Å². The van der Waals surface area contributed by atoms with E-state index < -0.39 is 6.23 Å². The lowest BCUT2D eigenvalue weighted by atomic mass is 10.3. The van der Waals surface area contributed by atoms with Gasteiger partial charge in [-0.15, -0.1) is 6.58 Å². The van der Waals surface area contributed by atoms with E-state index in [9.17, 15) is 9.90 Å². The van der Waals surface area contributed by atoms with E-state index in [0.717, 1.165) is 5.06 Å². The second-order valence-corrected chi connectivity index (χ2v) is 3.18. The quantitative estimate of drug-likeness (QED) is 0.660. The third kappa shape index (κ3) is 2.54. The molecular formula is C9H15NO3. The van der Waals surface area contributed by atoms with Crippen molar-refractivity contribution in [2.24, 2.45) is 0 Å². The van der Waals surface area contributed by atoms with Crippen LogP contribution in [0, 0.1) is 0 Å². The van der Waals surface area contributed by atoms with Gasteiger partial charge in [0.25, 0.3) is 0 Å². The van der Waals surface area contributed by atoms with Gasteiger partial charge in [0.2, 0.25) is 5.91 Å². The third-order valence-electron chi connectivity index (χ3n) is 1.93. The SMILES string of the molecule is C=CCC(C)ON1C(=O)CCC1O. The van der Waals surface area contributed by atoms with Crippen LogP contribution in [0.5, 0.6) is 0 Å². The van der Waals surface area contributed by atoms with Gasteiger partial charge < -0.3 is 5.11 Å². The molecule has 1 rings (SSSR count). The average Bonchev–Trinajstić information content (AvgIpc) is 2.36. The molecule has 13 heavy (non-hydrogen) atoms. The molecule has 1 saturated heterocycles. The second-order valence-electron chi connectivity index (χ2n) is 3.18. The van der Waals surface area contributed by atoms with Gasteiger partial charge >= 0.3 is 0 Å². The van der Waals surface area contributed by atoms with E-state index in [1.165, 1.54) is 0 Å². The number of rotatable bonds is 4. The number of hydrogen-bond donors (Lipinski definition) is 1. The first kappa shape index (κ1) is 10.2. The normalized spacial score (nSPS) is 24.9. The summed E-state index contributed by atoms with van der Waals surface area (Å²) in [6.07, 6.45) is 2.31. The van der Waals surface area contributed by atoms with Crippen LogP contribution in [0.3, 0.4) is 0 Å². The molecule has 1 aliphatic heterocycles. The molecular weight excluding hydrogens is 170 g/mol. The lowest BCUT2D eigenvalue weighted by Gasteiger charge is -2.23. The molecule has 0 aromatic heterocycles. The van der Waals surface area contributed by atoms with E-state index in [2.05, 4.69) is 6.58 Å². The zero-order valence-corrected chi connectivity index (χ0v) is 7.77. The summed E-state index contributed by atoms with van der Waals surface area (Å²) in [6, 6.07) is 0. The first-order valence-corrected chi connectivity index (χ1v) is 4.43. The Morgan fingerprint density at radius 2 is 2.62 bits per heavy atom. The van der Waals surface area contributed by atoms with E-state index >= 15 is 0 Å². The minimum atomic E-state index is -0.778. The highest BCUT2D eigenvalue weighted by atomic mass is 16.7. The topological polar surface area (TPSA) is 49.8 Å². The van der Waals surface area contributed by atoms with Crippen molar-refractivity contribution in [2.45, 2.75) is 38.5 Å². The molecule has 0 radical (unpaired) electrons. The molecule has 4 nitrogen and oxygen atoms in total. The summed E-state index contributed by atoms with van der Waals surface area (Å²) < 4.78 is 0. The Kier molecular flexibility index (Phi) is 3.45. The first-order valence-electron chi connectivity index (χ1n) is 4.43. The molecule has 2 unspecified atom stereocenters. The number of hydroxylamine groups is 2. The van der Waals surface area contributed by atoms with E-state index in [-0.39, 0.29) is 12.0 Å². The molecule has 1 heterocycles. The number of amides is 1. The van der Waals surface area contributed by atoms with Crippen LogP contribution in [0.4, 0.5) is 0 Å². The van der Waals surface area contributed by atoms with Crippen molar-refractivity contribution < 1.29 is 14.7 Å². The predicted octanol–water partition coefficient (Wildman–Crippen LogP) is 0.823. The smallest absolute Gasteiger partial charge is 0.248 e. The molecule has 74 valence electrons. The van der Waals surface area contributed by atoms with Crippen molar-refractivity contribution in [2.75, 3.05) is 0 Å². The highest BCUT2D eigenvalue weighted by Gasteiger charge is 2.31. The standard InChI is InChI=1S/C9H15NO3/c1-3-4-7(2)13-10-8(11)5-6-9(10)12/h3,7-8,11H,1,4-6H2,2H3. The Balaban J connectivity index is 2.42. The molecule has 0 spiro atoms. The fraction of sp³-hybridized carbons (Fsp3) is 0.667. The number of aliphatic hydroxyl groups excluding tert-OH is 1. The van der Waals surface area contributed by atoms with Crippen molar-refractivity contribution in [3.8, 4) is 0 Å². The fourth-order valence-electron chi connectivity index (χ4n) is 1.25. The van der Waals surface area contributed by atoms with Gasteiger partial charge in [0, 0.05) is 12.8 Å². The van der Waals surface area contributed by atoms with Crippen LogP contribution in [-0.4, -0.2) is 28.4 Å². The largest absolute Gasteiger partial charge is 0.371 e. The summed E-state index contributed by atoms with van der Waals surface area (Å²) in [5, 5.41) is 10.4. The van der Waals surface area contributed by atoms with Crippen LogP contribution in [0.1, 0.15) is 26.2 Å². The lowest BCUT2D eigenvalue weighted by molar-refractivity contribution is -0.237. The molecule has 4 heteroatoms. The minimum Gasteiger partial charge on any atom is -0.371 e. The van der Waals surface area contributed by atoms with Crippen molar-refractivity contribution in [3.63, 3.8) is 0 Å². The molecule has 0 aliphatic carbocycles. The highest BCUT2D eigenvalue weighted by molar-refractivity contribution is 5.77. The van der Waals surface area contributed by atoms with Crippen LogP contribution in [0.2, 0.25) is 0 Å². The Morgan fingerprint density at radius 3 is 3.08 bits per heavy atom. The van der Waals surface area contributed by atoms with Crippen LogP contribution in [0.15, 0.2) is 12.7 Å². The van der Waals surface area contributed by atoms with Crippen LogP contribution < -0.4 is 0 Å². The van der Waals surface area contributed by atoms with Gasteiger partial charge in [-0.25, -0.2) is 0 Å². The van der Waals surface area contributed by atoms with Gasteiger partial charge in [-0.2, -0.15) is 5.06 Å². The maximum absolute atomic E-state index is 11.1. The fourth-order valence-corrected chi connectivity index (χ4v) is 1.25. The molecule has 1 amide bonds. The maximum Gasteiger partial charge on any atom is 0.248 e. The van der Waals surface area contributed by atoms with E-state index in [4.69, 9.17) is 4.84 Å². The van der Waals surface area contributed by atoms with E-state index in [1.54, 1.807) is 6.08 Å². The minimum absolute atomic E-state index is 0.116. The molecule has 0 saturated carbocycles. The highest BCUT2D eigenvalue weighted by Crippen LogP contribution is 2.18. The summed E-state index contributed by atoms with van der Waals surface area (Å²) in [6.45, 7) is 5.40. The third-order valence-corrected chi connectivity index (χ3v) is 1.93. The van der Waals surface area contributed by atoms with Gasteiger partial charge in [0.1, 0.15) is 0 Å². The monoisotopic (exact) mass is 185 g/mol. The van der Waals surface area contributed by atoms with Gasteiger partial charge in [0.05, 0.1) is 6.10 Å². The van der Waals surface area contributed by atoms with Gasteiger partial charge in [-0.05, 0) is 13.3 Å². The van der Waals surface area contributed by atoms with Gasteiger partial charge in [0.15, 0.2) is 6.23 Å². The zero-order valence-electron chi connectivity index (χ0n) is 7.77. The summed E-state index contributed by atoms with van der Waals surface area (Å²) in [5.74, 6) is -0.150. The molecule has 0 aromatic rings. The Bertz CT molecular complexity index is 205. The van der Waals surface area contributed by atoms with Gasteiger partial charge in [-0.3, -0.25) is 9.63 Å². The van der Waals surface area contributed by atoms with Crippen LogP contribution >= 0.6 is 0 Å². The molecule has 2 atom stereocenters. The number of hydrogen-bond acceptors (Lipinski definition) is 3. The zero-order chi connectivity index (χ0) is 9.84. The Labute approximate surface area is 77.7 Å². The summed E-state index contributed by atoms with van der Waals surface area (Å²) >= 11 is 0. The average molecular weight is 185 g/mol. The van der Waals surface area contributed by atoms with Crippen LogP contribution in [-0.2, 0) is 9.63 Å². The molecule has 0 aromatic carbocycles. The lowest BCUT2D eigenvalue weighted by Crippen LogP contribution is -2.35.